The van der Waals surface area contributed by atoms with E-state index in [-0.39, 0.29) is 27.4 Å². The molecular weight excluding hydrogens is 522 g/mol. The maximum Gasteiger partial charge on any atom is 0.409 e. The molecule has 1 saturated heterocycles. The molecule has 194 valence electrons. The van der Waals surface area contributed by atoms with Gasteiger partial charge in [0.15, 0.2) is 0 Å². The lowest BCUT2D eigenvalue weighted by Gasteiger charge is -2.34. The van der Waals surface area contributed by atoms with Crippen molar-refractivity contribution in [2.45, 2.75) is 13.0 Å². The molecule has 4 rings (SSSR count). The summed E-state index contributed by atoms with van der Waals surface area (Å²) in [6.07, 6.45) is 1.76. The molecule has 1 amide bonds. The van der Waals surface area contributed by atoms with Gasteiger partial charge >= 0.3 is 6.09 Å². The Morgan fingerprint density at radius 2 is 1.86 bits per heavy atom. The first-order valence-electron chi connectivity index (χ1n) is 11.4. The van der Waals surface area contributed by atoms with Crippen LogP contribution in [0.1, 0.15) is 29.7 Å². The van der Waals surface area contributed by atoms with Crippen LogP contribution in [0.25, 0.3) is 0 Å². The van der Waals surface area contributed by atoms with Gasteiger partial charge in [0.1, 0.15) is 22.7 Å². The summed E-state index contributed by atoms with van der Waals surface area (Å²) >= 11 is 12.2. The molecule has 1 aliphatic rings. The summed E-state index contributed by atoms with van der Waals surface area (Å²) in [6.45, 7) is 4.01. The fraction of sp³-hybridized carbons (Fsp3) is 0.280. The minimum absolute atomic E-state index is 0.163. The number of anilines is 2. The molecule has 3 heterocycles. The van der Waals surface area contributed by atoms with E-state index in [0.29, 0.717) is 48.7 Å². The van der Waals surface area contributed by atoms with Gasteiger partial charge in [-0.3, -0.25) is 5.41 Å². The highest BCUT2D eigenvalue weighted by molar-refractivity contribution is 6.35. The summed E-state index contributed by atoms with van der Waals surface area (Å²) < 4.78 is 24.6. The number of aromatic nitrogens is 2. The predicted molar refractivity (Wildman–Crippen MR) is 140 cm³/mol. The molecule has 1 atom stereocenters. The van der Waals surface area contributed by atoms with Gasteiger partial charge in [-0.25, -0.2) is 14.8 Å². The third-order valence-corrected chi connectivity index (χ3v) is 6.71. The standard InChI is InChI=1S/C25H25Cl2FN6O3/c1-14(21-18(26)13-32-24(28)22(21)27)37-16-4-5-19(29)17(11-16)23(30)15-3-6-20(31-12-15)33-7-9-34(10-8-33)25(35)36-2/h3-6,11-14,30H,7-10,29H2,1-2H3/t14-/m1/s1. The number of ether oxygens (including phenoxy) is 2. The Balaban J connectivity index is 1.48. The zero-order chi connectivity index (χ0) is 26.7. The first-order valence-corrected chi connectivity index (χ1v) is 12.1. The van der Waals surface area contributed by atoms with E-state index in [1.54, 1.807) is 42.3 Å². The van der Waals surface area contributed by atoms with E-state index in [0.717, 1.165) is 5.82 Å². The summed E-state index contributed by atoms with van der Waals surface area (Å²) in [5.74, 6) is 0.315. The van der Waals surface area contributed by atoms with E-state index in [4.69, 9.17) is 43.8 Å². The van der Waals surface area contributed by atoms with Gasteiger partial charge in [0.05, 0.1) is 17.8 Å². The van der Waals surface area contributed by atoms with Crippen LogP contribution < -0.4 is 15.4 Å². The molecule has 1 fully saturated rings. The first kappa shape index (κ1) is 26.4. The lowest BCUT2D eigenvalue weighted by molar-refractivity contribution is 0.121. The van der Waals surface area contributed by atoms with Gasteiger partial charge in [-0.2, -0.15) is 4.39 Å². The summed E-state index contributed by atoms with van der Waals surface area (Å²) in [6, 6.07) is 8.54. The van der Waals surface area contributed by atoms with Crippen molar-refractivity contribution in [3.63, 3.8) is 0 Å². The van der Waals surface area contributed by atoms with Crippen molar-refractivity contribution in [1.82, 2.24) is 14.9 Å². The van der Waals surface area contributed by atoms with E-state index < -0.39 is 12.1 Å². The third kappa shape index (κ3) is 5.70. The fourth-order valence-electron chi connectivity index (χ4n) is 4.04. The number of benzene rings is 1. The first-order chi connectivity index (χ1) is 17.7. The predicted octanol–water partition coefficient (Wildman–Crippen LogP) is 4.95. The molecule has 0 radical (unpaired) electrons. The molecule has 0 saturated carbocycles. The number of rotatable bonds is 6. The Morgan fingerprint density at radius 3 is 2.51 bits per heavy atom. The van der Waals surface area contributed by atoms with Gasteiger partial charge in [-0.15, -0.1) is 0 Å². The number of carbonyl (C=O) groups excluding carboxylic acids is 1. The molecule has 0 aliphatic carbocycles. The number of hydrogen-bond acceptors (Lipinski definition) is 8. The number of halogens is 3. The van der Waals surface area contributed by atoms with Crippen LogP contribution in [0.2, 0.25) is 10.0 Å². The molecule has 3 N–H and O–H groups in total. The number of nitrogen functional groups attached to an aromatic ring is 1. The Kier molecular flexibility index (Phi) is 7.99. The molecule has 12 heteroatoms. The zero-order valence-electron chi connectivity index (χ0n) is 20.2. The number of amides is 1. The zero-order valence-corrected chi connectivity index (χ0v) is 21.7. The number of methoxy groups -OCH3 is 1. The second-order valence-corrected chi connectivity index (χ2v) is 9.14. The summed E-state index contributed by atoms with van der Waals surface area (Å²) in [5, 5.41) is 8.69. The van der Waals surface area contributed by atoms with Crippen molar-refractivity contribution in [3.05, 3.63) is 75.4 Å². The van der Waals surface area contributed by atoms with Crippen LogP contribution in [-0.2, 0) is 4.74 Å². The maximum absolute atomic E-state index is 13.8. The molecule has 1 aliphatic heterocycles. The van der Waals surface area contributed by atoms with Crippen LogP contribution in [0.5, 0.6) is 5.75 Å². The highest BCUT2D eigenvalue weighted by Gasteiger charge is 2.23. The topological polar surface area (TPSA) is 118 Å². The van der Waals surface area contributed by atoms with Gasteiger partial charge in [0.2, 0.25) is 5.95 Å². The molecule has 9 nitrogen and oxygen atoms in total. The molecule has 2 aromatic heterocycles. The van der Waals surface area contributed by atoms with Crippen molar-refractivity contribution in [2.24, 2.45) is 0 Å². The Labute approximate surface area is 223 Å². The highest BCUT2D eigenvalue weighted by atomic mass is 35.5. The normalized spacial score (nSPS) is 14.3. The lowest BCUT2D eigenvalue weighted by atomic mass is 10.0. The van der Waals surface area contributed by atoms with Crippen LogP contribution in [0.4, 0.5) is 20.7 Å². The maximum atomic E-state index is 13.8. The second kappa shape index (κ2) is 11.2. The minimum atomic E-state index is -0.836. The third-order valence-electron chi connectivity index (χ3n) is 6.05. The van der Waals surface area contributed by atoms with Gasteiger partial charge in [-0.1, -0.05) is 23.2 Å². The quantitative estimate of drug-likeness (QED) is 0.255. The Morgan fingerprint density at radius 1 is 1.14 bits per heavy atom. The van der Waals surface area contributed by atoms with E-state index >= 15 is 0 Å². The molecule has 0 spiro atoms. The number of nitrogens with one attached hydrogen (secondary N) is 1. The summed E-state index contributed by atoms with van der Waals surface area (Å²) in [7, 11) is 1.37. The van der Waals surface area contributed by atoms with Crippen LogP contribution in [0.15, 0.2) is 42.7 Å². The Hall–Kier alpha value is -3.63. The lowest BCUT2D eigenvalue weighted by Crippen LogP contribution is -2.49. The fourth-order valence-corrected chi connectivity index (χ4v) is 4.69. The molecule has 0 bridgehead atoms. The average Bonchev–Trinajstić information content (AvgIpc) is 2.91. The Bertz CT molecular complexity index is 1320. The molecule has 37 heavy (non-hydrogen) atoms. The SMILES string of the molecule is COC(=O)N1CCN(c2ccc(C(=N)c3cc(O[C@H](C)c4c(Cl)cnc(F)c4Cl)ccc3N)cn2)CC1. The minimum Gasteiger partial charge on any atom is -0.486 e. The molecule has 3 aromatic rings. The van der Waals surface area contributed by atoms with Crippen molar-refractivity contribution in [3.8, 4) is 5.75 Å². The molecular formula is C25H25Cl2FN6O3. The van der Waals surface area contributed by atoms with Crippen molar-refractivity contribution in [1.29, 1.82) is 5.41 Å². The smallest absolute Gasteiger partial charge is 0.409 e. The van der Waals surface area contributed by atoms with Crippen molar-refractivity contribution in [2.75, 3.05) is 43.9 Å². The molecule has 0 unspecified atom stereocenters. The van der Waals surface area contributed by atoms with Crippen LogP contribution >= 0.6 is 23.2 Å². The van der Waals surface area contributed by atoms with Crippen LogP contribution in [-0.4, -0.2) is 60.0 Å². The number of piperazine rings is 1. The van der Waals surface area contributed by atoms with Gasteiger partial charge in [0.25, 0.3) is 0 Å². The van der Waals surface area contributed by atoms with Crippen molar-refractivity contribution < 1.29 is 18.7 Å². The van der Waals surface area contributed by atoms with Crippen LogP contribution in [0, 0.1) is 11.4 Å². The van der Waals surface area contributed by atoms with Gasteiger partial charge < -0.3 is 25.0 Å². The second-order valence-electron chi connectivity index (χ2n) is 8.36. The summed E-state index contributed by atoms with van der Waals surface area (Å²) in [5.41, 5.74) is 8.01. The van der Waals surface area contributed by atoms with E-state index in [1.807, 2.05) is 6.07 Å². The number of hydrogen-bond donors (Lipinski definition) is 2. The van der Waals surface area contributed by atoms with Gasteiger partial charge in [0, 0.05) is 61.0 Å². The highest BCUT2D eigenvalue weighted by Crippen LogP contribution is 2.34. The van der Waals surface area contributed by atoms with E-state index in [2.05, 4.69) is 14.9 Å². The monoisotopic (exact) mass is 546 g/mol. The average molecular weight is 547 g/mol. The largest absolute Gasteiger partial charge is 0.486 e. The van der Waals surface area contributed by atoms with E-state index in [9.17, 15) is 9.18 Å². The van der Waals surface area contributed by atoms with E-state index in [1.165, 1.54) is 13.3 Å². The number of pyridine rings is 2. The van der Waals surface area contributed by atoms with Gasteiger partial charge in [-0.05, 0) is 37.3 Å². The van der Waals surface area contributed by atoms with Crippen LogP contribution in [0.3, 0.4) is 0 Å². The number of nitrogens with two attached hydrogens (primary N) is 1. The number of carbonyl (C=O) groups is 1. The van der Waals surface area contributed by atoms with Crippen molar-refractivity contribution >= 4 is 46.5 Å². The summed E-state index contributed by atoms with van der Waals surface area (Å²) in [4.78, 5) is 23.4. The number of nitrogens with zero attached hydrogens (tertiary/aromatic N) is 4. The molecule has 1 aromatic carbocycles.